The fourth-order valence-corrected chi connectivity index (χ4v) is 3.68. The molecular formula is C17H17Cl2NO2. The van der Waals surface area contributed by atoms with E-state index in [0.717, 1.165) is 16.8 Å². The molecule has 1 atom stereocenters. The van der Waals surface area contributed by atoms with Crippen molar-refractivity contribution in [2.75, 3.05) is 0 Å². The number of carbonyl (C=O) groups excluding carboxylic acids is 2. The molecular weight excluding hydrogens is 321 g/mol. The number of halogens is 2. The second-order valence-corrected chi connectivity index (χ2v) is 7.63. The Labute approximate surface area is 139 Å². The molecule has 0 aromatic heterocycles. The SMILES string of the molecule is CC1(C)CC(=O)C2=C(C1)NC(=O)C[C@@H]2c1ccc(Cl)c(Cl)c1. The van der Waals surface area contributed by atoms with Gasteiger partial charge < -0.3 is 5.32 Å². The molecule has 0 fully saturated rings. The van der Waals surface area contributed by atoms with Gasteiger partial charge in [0.05, 0.1) is 10.0 Å². The zero-order chi connectivity index (χ0) is 16.1. The average molecular weight is 338 g/mol. The number of allylic oxidation sites excluding steroid dienone is 2. The summed E-state index contributed by atoms with van der Waals surface area (Å²) in [6.07, 6.45) is 1.47. The standard InChI is InChI=1S/C17H17Cl2NO2/c1-17(2)7-13-16(14(21)8-17)10(6-15(22)20-13)9-3-4-11(18)12(19)5-9/h3-5,10H,6-8H2,1-2H3,(H,20,22)/t10-/m1/s1. The summed E-state index contributed by atoms with van der Waals surface area (Å²) in [5.74, 6) is -0.176. The molecule has 0 unspecified atom stereocenters. The third-order valence-corrected chi connectivity index (χ3v) is 5.03. The van der Waals surface area contributed by atoms with Crippen LogP contribution in [0.4, 0.5) is 0 Å². The van der Waals surface area contributed by atoms with E-state index in [1.807, 2.05) is 19.9 Å². The lowest BCUT2D eigenvalue weighted by atomic mass is 9.70. The van der Waals surface area contributed by atoms with Gasteiger partial charge >= 0.3 is 0 Å². The van der Waals surface area contributed by atoms with E-state index in [4.69, 9.17) is 23.2 Å². The van der Waals surface area contributed by atoms with Gasteiger partial charge in [-0.25, -0.2) is 0 Å². The minimum absolute atomic E-state index is 0.0553. The maximum atomic E-state index is 12.6. The van der Waals surface area contributed by atoms with E-state index in [9.17, 15) is 9.59 Å². The minimum atomic E-state index is -0.234. The molecule has 1 amide bonds. The number of hydrogen-bond donors (Lipinski definition) is 1. The number of nitrogens with one attached hydrogen (secondary N) is 1. The number of amides is 1. The normalized spacial score (nSPS) is 24.1. The molecule has 116 valence electrons. The van der Waals surface area contributed by atoms with Gasteiger partial charge in [0.1, 0.15) is 0 Å². The monoisotopic (exact) mass is 337 g/mol. The first-order valence-electron chi connectivity index (χ1n) is 7.28. The van der Waals surface area contributed by atoms with Gasteiger partial charge in [-0.2, -0.15) is 0 Å². The highest BCUT2D eigenvalue weighted by Crippen LogP contribution is 2.44. The highest BCUT2D eigenvalue weighted by Gasteiger charge is 2.40. The predicted octanol–water partition coefficient (Wildman–Crippen LogP) is 4.24. The molecule has 0 radical (unpaired) electrons. The Kier molecular flexibility index (Phi) is 3.82. The van der Waals surface area contributed by atoms with Crippen LogP contribution < -0.4 is 5.32 Å². The Hall–Kier alpha value is -1.32. The summed E-state index contributed by atoms with van der Waals surface area (Å²) in [5.41, 5.74) is 2.25. The lowest BCUT2D eigenvalue weighted by molar-refractivity contribution is -0.122. The molecule has 0 saturated heterocycles. The Morgan fingerprint density at radius 3 is 2.55 bits per heavy atom. The molecule has 2 aliphatic rings. The number of ketones is 1. The molecule has 0 saturated carbocycles. The third-order valence-electron chi connectivity index (χ3n) is 4.29. The van der Waals surface area contributed by atoms with Crippen LogP contribution in [0.2, 0.25) is 10.0 Å². The number of hydrogen-bond acceptors (Lipinski definition) is 2. The lowest BCUT2D eigenvalue weighted by Crippen LogP contribution is -2.40. The molecule has 3 nitrogen and oxygen atoms in total. The molecule has 0 bridgehead atoms. The van der Waals surface area contributed by atoms with E-state index in [-0.39, 0.29) is 29.4 Å². The van der Waals surface area contributed by atoms with Crippen LogP contribution in [-0.2, 0) is 9.59 Å². The van der Waals surface area contributed by atoms with Crippen molar-refractivity contribution < 1.29 is 9.59 Å². The molecule has 1 N–H and O–H groups in total. The number of benzene rings is 1. The van der Waals surface area contributed by atoms with Gasteiger partial charge in [0.25, 0.3) is 0 Å². The molecule has 1 aliphatic heterocycles. The summed E-state index contributed by atoms with van der Waals surface area (Å²) in [6.45, 7) is 4.09. The maximum Gasteiger partial charge on any atom is 0.225 e. The Balaban J connectivity index is 2.08. The molecule has 3 rings (SSSR count). The van der Waals surface area contributed by atoms with Gasteiger partial charge in [0, 0.05) is 30.0 Å². The Bertz CT molecular complexity index is 707. The van der Waals surface area contributed by atoms with Crippen LogP contribution >= 0.6 is 23.2 Å². The highest BCUT2D eigenvalue weighted by atomic mass is 35.5. The van der Waals surface area contributed by atoms with Gasteiger partial charge in [-0.1, -0.05) is 43.1 Å². The predicted molar refractivity (Wildman–Crippen MR) is 87.0 cm³/mol. The van der Waals surface area contributed by atoms with Crippen molar-refractivity contribution >= 4 is 34.9 Å². The van der Waals surface area contributed by atoms with E-state index in [2.05, 4.69) is 5.32 Å². The van der Waals surface area contributed by atoms with Gasteiger partial charge in [-0.15, -0.1) is 0 Å². The second-order valence-electron chi connectivity index (χ2n) is 6.81. The van der Waals surface area contributed by atoms with Crippen molar-refractivity contribution in [1.29, 1.82) is 0 Å². The van der Waals surface area contributed by atoms with Crippen molar-refractivity contribution in [1.82, 2.24) is 5.32 Å². The first-order chi connectivity index (χ1) is 10.3. The van der Waals surface area contributed by atoms with Crippen LogP contribution in [0.5, 0.6) is 0 Å². The van der Waals surface area contributed by atoms with Crippen LogP contribution in [0.25, 0.3) is 0 Å². The van der Waals surface area contributed by atoms with E-state index >= 15 is 0 Å². The molecule has 5 heteroatoms. The minimum Gasteiger partial charge on any atom is -0.329 e. The van der Waals surface area contributed by atoms with Crippen molar-refractivity contribution in [3.05, 3.63) is 45.1 Å². The summed E-state index contributed by atoms with van der Waals surface area (Å²) in [5, 5.41) is 3.80. The zero-order valence-corrected chi connectivity index (χ0v) is 14.0. The first kappa shape index (κ1) is 15.6. The third kappa shape index (κ3) is 2.80. The summed E-state index contributed by atoms with van der Waals surface area (Å²) >= 11 is 12.1. The largest absolute Gasteiger partial charge is 0.329 e. The van der Waals surface area contributed by atoms with Crippen LogP contribution in [-0.4, -0.2) is 11.7 Å². The molecule has 1 heterocycles. The average Bonchev–Trinajstić information content (AvgIpc) is 2.39. The van der Waals surface area contributed by atoms with Gasteiger partial charge in [0.2, 0.25) is 5.91 Å². The van der Waals surface area contributed by atoms with E-state index < -0.39 is 0 Å². The summed E-state index contributed by atoms with van der Waals surface area (Å²) < 4.78 is 0. The Morgan fingerprint density at radius 2 is 1.86 bits per heavy atom. The van der Waals surface area contributed by atoms with Gasteiger partial charge in [-0.05, 0) is 29.5 Å². The maximum absolute atomic E-state index is 12.6. The fourth-order valence-electron chi connectivity index (χ4n) is 3.37. The van der Waals surface area contributed by atoms with Crippen LogP contribution in [0, 0.1) is 5.41 Å². The van der Waals surface area contributed by atoms with Crippen LogP contribution in [0.15, 0.2) is 29.5 Å². The molecule has 1 aromatic rings. The second kappa shape index (κ2) is 5.39. The quantitative estimate of drug-likeness (QED) is 0.832. The number of Topliss-reactive ketones (excluding diaryl/α,β-unsaturated/α-hetero) is 1. The number of rotatable bonds is 1. The first-order valence-corrected chi connectivity index (χ1v) is 8.03. The van der Waals surface area contributed by atoms with E-state index in [0.29, 0.717) is 22.9 Å². The van der Waals surface area contributed by atoms with Gasteiger partial charge in [0.15, 0.2) is 5.78 Å². The van der Waals surface area contributed by atoms with E-state index in [1.165, 1.54) is 0 Å². The molecule has 1 aromatic carbocycles. The van der Waals surface area contributed by atoms with Crippen molar-refractivity contribution in [3.63, 3.8) is 0 Å². The lowest BCUT2D eigenvalue weighted by Gasteiger charge is -2.37. The number of carbonyl (C=O) groups is 2. The fraction of sp³-hybridized carbons (Fsp3) is 0.412. The van der Waals surface area contributed by atoms with Crippen molar-refractivity contribution in [2.45, 2.75) is 39.0 Å². The van der Waals surface area contributed by atoms with Crippen LogP contribution in [0.1, 0.15) is 44.6 Å². The van der Waals surface area contributed by atoms with Crippen molar-refractivity contribution in [2.24, 2.45) is 5.41 Å². The summed E-state index contributed by atoms with van der Waals surface area (Å²) in [4.78, 5) is 24.7. The Morgan fingerprint density at radius 1 is 1.14 bits per heavy atom. The van der Waals surface area contributed by atoms with E-state index in [1.54, 1.807) is 12.1 Å². The summed E-state index contributed by atoms with van der Waals surface area (Å²) in [7, 11) is 0. The van der Waals surface area contributed by atoms with Crippen LogP contribution in [0.3, 0.4) is 0 Å². The highest BCUT2D eigenvalue weighted by molar-refractivity contribution is 6.42. The molecule has 22 heavy (non-hydrogen) atoms. The topological polar surface area (TPSA) is 46.2 Å². The van der Waals surface area contributed by atoms with Gasteiger partial charge in [-0.3, -0.25) is 9.59 Å². The zero-order valence-electron chi connectivity index (χ0n) is 12.5. The molecule has 1 aliphatic carbocycles. The van der Waals surface area contributed by atoms with Crippen molar-refractivity contribution in [3.8, 4) is 0 Å². The summed E-state index contributed by atoms with van der Waals surface area (Å²) in [6, 6.07) is 5.31. The smallest absolute Gasteiger partial charge is 0.225 e. The molecule has 0 spiro atoms.